The summed E-state index contributed by atoms with van der Waals surface area (Å²) in [5.74, 6) is 0.612. The lowest BCUT2D eigenvalue weighted by atomic mass is 9.97. The Hall–Kier alpha value is -2.12. The fourth-order valence-electron chi connectivity index (χ4n) is 3.46. The van der Waals surface area contributed by atoms with Crippen LogP contribution in [0.4, 0.5) is 0 Å². The highest BCUT2D eigenvalue weighted by molar-refractivity contribution is 7.99. The van der Waals surface area contributed by atoms with Crippen molar-refractivity contribution in [2.75, 3.05) is 12.3 Å². The van der Waals surface area contributed by atoms with Crippen molar-refractivity contribution in [2.45, 2.75) is 37.8 Å². The molecule has 140 valence electrons. The third-order valence-electron chi connectivity index (χ3n) is 4.68. The fraction of sp³-hybridized carbons (Fsp3) is 0.350. The third kappa shape index (κ3) is 3.66. The Morgan fingerprint density at radius 2 is 2.04 bits per heavy atom. The lowest BCUT2D eigenvalue weighted by Crippen LogP contribution is -2.24. The van der Waals surface area contributed by atoms with E-state index in [1.54, 1.807) is 15.9 Å². The fourth-order valence-corrected chi connectivity index (χ4v) is 5.63. The number of benzene rings is 1. The molecule has 0 saturated carbocycles. The summed E-state index contributed by atoms with van der Waals surface area (Å²) >= 11 is 3.17. The summed E-state index contributed by atoms with van der Waals surface area (Å²) < 4.78 is 1.72. The topological polar surface area (TPSA) is 64.0 Å². The maximum Gasteiger partial charge on any atom is 0.267 e. The number of aryl methyl sites for hydroxylation is 2. The first kappa shape index (κ1) is 18.3. The molecule has 2 heterocycles. The third-order valence-corrected chi connectivity index (χ3v) is 6.81. The van der Waals surface area contributed by atoms with Crippen molar-refractivity contribution in [2.24, 2.45) is 0 Å². The predicted octanol–water partition coefficient (Wildman–Crippen LogP) is 3.55. The van der Waals surface area contributed by atoms with Crippen LogP contribution in [-0.4, -0.2) is 27.8 Å². The summed E-state index contributed by atoms with van der Waals surface area (Å²) in [6.07, 6.45) is 4.34. The van der Waals surface area contributed by atoms with Gasteiger partial charge < -0.3 is 5.32 Å². The number of rotatable bonds is 5. The number of nitrogens with zero attached hydrogens (tertiary/aromatic N) is 2. The van der Waals surface area contributed by atoms with Gasteiger partial charge in [-0.15, -0.1) is 11.3 Å². The SMILES string of the molecule is CC(=O)NCCSc1nc2sc3c(c2c(=O)n1-c1ccccc1)CCCC3. The molecule has 7 heteroatoms. The second-order valence-electron chi connectivity index (χ2n) is 6.59. The summed E-state index contributed by atoms with van der Waals surface area (Å²) in [5.41, 5.74) is 2.06. The van der Waals surface area contributed by atoms with Gasteiger partial charge >= 0.3 is 0 Å². The van der Waals surface area contributed by atoms with Gasteiger partial charge in [-0.2, -0.15) is 0 Å². The monoisotopic (exact) mass is 399 g/mol. The van der Waals surface area contributed by atoms with E-state index >= 15 is 0 Å². The van der Waals surface area contributed by atoms with E-state index < -0.39 is 0 Å². The lowest BCUT2D eigenvalue weighted by Gasteiger charge is -2.13. The summed E-state index contributed by atoms with van der Waals surface area (Å²) in [4.78, 5) is 31.6. The molecule has 1 aromatic carbocycles. The molecule has 27 heavy (non-hydrogen) atoms. The Kier molecular flexibility index (Phi) is 5.31. The van der Waals surface area contributed by atoms with Crippen LogP contribution in [0.5, 0.6) is 0 Å². The molecule has 0 atom stereocenters. The number of para-hydroxylation sites is 1. The summed E-state index contributed by atoms with van der Waals surface area (Å²) in [6, 6.07) is 9.68. The molecule has 0 saturated heterocycles. The molecular formula is C20H21N3O2S2. The first-order valence-corrected chi connectivity index (χ1v) is 11.0. The number of hydrogen-bond donors (Lipinski definition) is 1. The van der Waals surface area contributed by atoms with E-state index in [0.29, 0.717) is 17.5 Å². The lowest BCUT2D eigenvalue weighted by molar-refractivity contribution is -0.118. The van der Waals surface area contributed by atoms with Gasteiger partial charge in [-0.3, -0.25) is 14.2 Å². The zero-order valence-electron chi connectivity index (χ0n) is 15.2. The van der Waals surface area contributed by atoms with Gasteiger partial charge in [-0.1, -0.05) is 30.0 Å². The van der Waals surface area contributed by atoms with E-state index in [9.17, 15) is 9.59 Å². The highest BCUT2D eigenvalue weighted by atomic mass is 32.2. The largest absolute Gasteiger partial charge is 0.356 e. The molecule has 1 N–H and O–H groups in total. The second kappa shape index (κ2) is 7.86. The minimum Gasteiger partial charge on any atom is -0.356 e. The van der Waals surface area contributed by atoms with Crippen molar-refractivity contribution in [1.82, 2.24) is 14.9 Å². The first-order chi connectivity index (χ1) is 13.1. The molecule has 0 bridgehead atoms. The Morgan fingerprint density at radius 1 is 1.26 bits per heavy atom. The van der Waals surface area contributed by atoms with Gasteiger partial charge in [0.2, 0.25) is 5.91 Å². The second-order valence-corrected chi connectivity index (χ2v) is 8.74. The molecule has 1 amide bonds. The number of carbonyl (C=O) groups is 1. The average Bonchev–Trinajstić information content (AvgIpc) is 3.04. The highest BCUT2D eigenvalue weighted by Crippen LogP contribution is 2.35. The summed E-state index contributed by atoms with van der Waals surface area (Å²) in [7, 11) is 0. The van der Waals surface area contributed by atoms with Crippen molar-refractivity contribution in [3.05, 3.63) is 51.1 Å². The van der Waals surface area contributed by atoms with Crippen LogP contribution in [0.2, 0.25) is 0 Å². The van der Waals surface area contributed by atoms with E-state index in [1.165, 1.54) is 35.5 Å². The van der Waals surface area contributed by atoms with Crippen LogP contribution in [0.15, 0.2) is 40.3 Å². The zero-order chi connectivity index (χ0) is 18.8. The van der Waals surface area contributed by atoms with Gasteiger partial charge in [0, 0.05) is 24.1 Å². The standard InChI is InChI=1S/C20H21N3O2S2/c1-13(24)21-11-12-26-20-22-18-17(15-9-5-6-10-16(15)27-18)19(25)23(20)14-7-3-2-4-8-14/h2-4,7-8H,5-6,9-12H2,1H3,(H,21,24). The van der Waals surface area contributed by atoms with E-state index in [-0.39, 0.29) is 11.5 Å². The van der Waals surface area contributed by atoms with Crippen LogP contribution < -0.4 is 10.9 Å². The molecule has 0 aliphatic heterocycles. The van der Waals surface area contributed by atoms with Crippen LogP contribution in [0, 0.1) is 0 Å². The number of thiophene rings is 1. The van der Waals surface area contributed by atoms with E-state index in [1.807, 2.05) is 30.3 Å². The molecule has 0 radical (unpaired) electrons. The number of aromatic nitrogens is 2. The number of carbonyl (C=O) groups excluding carboxylic acids is 1. The van der Waals surface area contributed by atoms with Crippen LogP contribution in [-0.2, 0) is 17.6 Å². The first-order valence-electron chi connectivity index (χ1n) is 9.15. The number of fused-ring (bicyclic) bond motifs is 3. The molecule has 1 aliphatic carbocycles. The molecule has 0 fully saturated rings. The molecule has 2 aromatic heterocycles. The predicted molar refractivity (Wildman–Crippen MR) is 111 cm³/mol. The van der Waals surface area contributed by atoms with Gasteiger partial charge in [-0.25, -0.2) is 4.98 Å². The highest BCUT2D eigenvalue weighted by Gasteiger charge is 2.22. The number of hydrogen-bond acceptors (Lipinski definition) is 5. The van der Waals surface area contributed by atoms with Crippen LogP contribution >= 0.6 is 23.1 Å². The van der Waals surface area contributed by atoms with E-state index in [2.05, 4.69) is 5.32 Å². The summed E-state index contributed by atoms with van der Waals surface area (Å²) in [6.45, 7) is 2.05. The van der Waals surface area contributed by atoms with Gasteiger partial charge in [0.15, 0.2) is 5.16 Å². The Balaban J connectivity index is 1.82. The summed E-state index contributed by atoms with van der Waals surface area (Å²) in [5, 5.41) is 4.27. The van der Waals surface area contributed by atoms with Gasteiger partial charge in [0.1, 0.15) is 4.83 Å². The van der Waals surface area contributed by atoms with Gasteiger partial charge in [0.25, 0.3) is 5.56 Å². The Morgan fingerprint density at radius 3 is 2.81 bits per heavy atom. The zero-order valence-corrected chi connectivity index (χ0v) is 16.8. The van der Waals surface area contributed by atoms with Crippen LogP contribution in [0.25, 0.3) is 15.9 Å². The van der Waals surface area contributed by atoms with Gasteiger partial charge in [-0.05, 0) is 43.4 Å². The average molecular weight is 400 g/mol. The molecule has 1 aliphatic rings. The van der Waals surface area contributed by atoms with E-state index in [0.717, 1.165) is 35.2 Å². The van der Waals surface area contributed by atoms with Crippen molar-refractivity contribution in [1.29, 1.82) is 0 Å². The molecule has 4 rings (SSSR count). The smallest absolute Gasteiger partial charge is 0.267 e. The quantitative estimate of drug-likeness (QED) is 0.405. The van der Waals surface area contributed by atoms with Crippen LogP contribution in [0.3, 0.4) is 0 Å². The van der Waals surface area contributed by atoms with E-state index in [4.69, 9.17) is 4.98 Å². The molecular weight excluding hydrogens is 378 g/mol. The van der Waals surface area contributed by atoms with Crippen molar-refractivity contribution in [3.63, 3.8) is 0 Å². The Bertz CT molecular complexity index is 1040. The van der Waals surface area contributed by atoms with Crippen molar-refractivity contribution < 1.29 is 4.79 Å². The Labute approximate surface area is 165 Å². The van der Waals surface area contributed by atoms with Crippen LogP contribution in [0.1, 0.15) is 30.2 Å². The molecule has 0 spiro atoms. The van der Waals surface area contributed by atoms with Crippen molar-refractivity contribution >= 4 is 39.2 Å². The molecule has 0 unspecified atom stereocenters. The van der Waals surface area contributed by atoms with Gasteiger partial charge in [0.05, 0.1) is 11.1 Å². The number of thioether (sulfide) groups is 1. The number of nitrogens with one attached hydrogen (secondary N) is 1. The number of amides is 1. The minimum atomic E-state index is -0.0506. The van der Waals surface area contributed by atoms with Crippen molar-refractivity contribution in [3.8, 4) is 5.69 Å². The maximum atomic E-state index is 13.5. The minimum absolute atomic E-state index is 0.0210. The maximum absolute atomic E-state index is 13.5. The molecule has 3 aromatic rings. The molecule has 5 nitrogen and oxygen atoms in total. The normalized spacial score (nSPS) is 13.5.